The summed E-state index contributed by atoms with van der Waals surface area (Å²) >= 11 is 1.12. The minimum absolute atomic E-state index is 0.0140. The van der Waals surface area contributed by atoms with Crippen molar-refractivity contribution in [2.75, 3.05) is 0 Å². The number of carbonyl (C=O) groups excluding carboxylic acids is 1. The fourth-order valence-electron chi connectivity index (χ4n) is 1.57. The van der Waals surface area contributed by atoms with E-state index >= 15 is 0 Å². The molecule has 0 bridgehead atoms. The van der Waals surface area contributed by atoms with Crippen molar-refractivity contribution in [3.63, 3.8) is 0 Å². The van der Waals surface area contributed by atoms with Gasteiger partial charge in [-0.25, -0.2) is 0 Å². The van der Waals surface area contributed by atoms with Gasteiger partial charge in [0.05, 0.1) is 10.5 Å². The van der Waals surface area contributed by atoms with Gasteiger partial charge in [-0.3, -0.25) is 4.79 Å². The minimum Gasteiger partial charge on any atom is -0.288 e. The van der Waals surface area contributed by atoms with Crippen LogP contribution in [0.2, 0.25) is 0 Å². The number of thiophene rings is 1. The highest BCUT2D eigenvalue weighted by Gasteiger charge is 2.35. The van der Waals surface area contributed by atoms with Crippen molar-refractivity contribution < 1.29 is 18.0 Å². The SMILES string of the molecule is O=C(C=C(c1ccccc1)C(F)(F)F)c1cccs1. The molecular formula is C14H9F3OS. The van der Waals surface area contributed by atoms with Crippen molar-refractivity contribution in [3.05, 3.63) is 64.4 Å². The van der Waals surface area contributed by atoms with Gasteiger partial charge in [0.25, 0.3) is 0 Å². The van der Waals surface area contributed by atoms with Gasteiger partial charge in [-0.2, -0.15) is 13.2 Å². The highest BCUT2D eigenvalue weighted by molar-refractivity contribution is 7.12. The van der Waals surface area contributed by atoms with Crippen molar-refractivity contribution in [2.45, 2.75) is 6.18 Å². The van der Waals surface area contributed by atoms with Crippen molar-refractivity contribution in [1.29, 1.82) is 0 Å². The number of halogens is 3. The molecule has 2 rings (SSSR count). The van der Waals surface area contributed by atoms with Gasteiger partial charge in [0, 0.05) is 0 Å². The molecule has 5 heteroatoms. The second kappa shape index (κ2) is 5.40. The van der Waals surface area contributed by atoms with Crippen molar-refractivity contribution in [3.8, 4) is 0 Å². The number of ketones is 1. The molecule has 0 fully saturated rings. The fourth-order valence-corrected chi connectivity index (χ4v) is 2.20. The van der Waals surface area contributed by atoms with E-state index in [4.69, 9.17) is 0 Å². The molecule has 0 spiro atoms. The maximum absolute atomic E-state index is 13.0. The number of hydrogen-bond acceptors (Lipinski definition) is 2. The second-order valence-corrected chi connectivity index (χ2v) is 4.71. The Hall–Kier alpha value is -1.88. The molecule has 0 aliphatic rings. The summed E-state index contributed by atoms with van der Waals surface area (Å²) in [4.78, 5) is 12.1. The average Bonchev–Trinajstić information content (AvgIpc) is 2.89. The number of allylic oxidation sites excluding steroid dienone is 2. The van der Waals surface area contributed by atoms with E-state index in [1.807, 2.05) is 0 Å². The molecule has 0 aliphatic carbocycles. The van der Waals surface area contributed by atoms with Crippen LogP contribution in [-0.4, -0.2) is 12.0 Å². The number of benzene rings is 1. The van der Waals surface area contributed by atoms with E-state index in [1.165, 1.54) is 30.3 Å². The summed E-state index contributed by atoms with van der Waals surface area (Å²) in [6.07, 6.45) is -3.91. The summed E-state index contributed by atoms with van der Waals surface area (Å²) in [5.74, 6) is -0.633. The molecule has 0 saturated carbocycles. The minimum atomic E-state index is -4.56. The van der Waals surface area contributed by atoms with Gasteiger partial charge in [-0.15, -0.1) is 11.3 Å². The highest BCUT2D eigenvalue weighted by atomic mass is 32.1. The predicted molar refractivity (Wildman–Crippen MR) is 69.1 cm³/mol. The van der Waals surface area contributed by atoms with E-state index in [9.17, 15) is 18.0 Å². The molecule has 19 heavy (non-hydrogen) atoms. The van der Waals surface area contributed by atoms with Crippen molar-refractivity contribution >= 4 is 22.7 Å². The van der Waals surface area contributed by atoms with Crippen LogP contribution in [0.3, 0.4) is 0 Å². The van der Waals surface area contributed by atoms with Crippen LogP contribution in [0, 0.1) is 0 Å². The van der Waals surface area contributed by atoms with Gasteiger partial charge in [0.15, 0.2) is 5.78 Å². The molecule has 0 unspecified atom stereocenters. The summed E-state index contributed by atoms with van der Waals surface area (Å²) < 4.78 is 39.0. The molecule has 1 nitrogen and oxygen atoms in total. The smallest absolute Gasteiger partial charge is 0.288 e. The Labute approximate surface area is 112 Å². The van der Waals surface area contributed by atoms with Crippen molar-refractivity contribution in [1.82, 2.24) is 0 Å². The van der Waals surface area contributed by atoms with Gasteiger partial charge in [0.1, 0.15) is 0 Å². The molecule has 0 N–H and O–H groups in total. The number of carbonyl (C=O) groups is 1. The normalized spacial score (nSPS) is 12.5. The summed E-state index contributed by atoms with van der Waals surface area (Å²) in [6.45, 7) is 0. The summed E-state index contributed by atoms with van der Waals surface area (Å²) in [5, 5.41) is 1.65. The van der Waals surface area contributed by atoms with Crippen molar-refractivity contribution in [2.24, 2.45) is 0 Å². The van der Waals surface area contributed by atoms with Gasteiger partial charge < -0.3 is 0 Å². The largest absolute Gasteiger partial charge is 0.417 e. The molecule has 2 aromatic rings. The molecule has 1 aromatic heterocycles. The third kappa shape index (κ3) is 3.32. The molecule has 0 saturated heterocycles. The molecule has 98 valence electrons. The van der Waals surface area contributed by atoms with E-state index < -0.39 is 17.5 Å². The van der Waals surface area contributed by atoms with Crippen LogP contribution in [-0.2, 0) is 0 Å². The van der Waals surface area contributed by atoms with Crippen LogP contribution in [0.1, 0.15) is 15.2 Å². The maximum atomic E-state index is 13.0. The lowest BCUT2D eigenvalue weighted by Gasteiger charge is -2.11. The lowest BCUT2D eigenvalue weighted by atomic mass is 10.0. The first-order valence-electron chi connectivity index (χ1n) is 5.40. The molecule has 0 aliphatic heterocycles. The number of rotatable bonds is 3. The Morgan fingerprint density at radius 3 is 2.26 bits per heavy atom. The standard InChI is InChI=1S/C14H9F3OS/c15-14(16,17)11(10-5-2-1-3-6-10)9-12(18)13-7-4-8-19-13/h1-9H. The Morgan fingerprint density at radius 2 is 1.74 bits per heavy atom. The van der Waals surface area contributed by atoms with Crippen LogP contribution in [0.25, 0.3) is 5.57 Å². The Kier molecular flexibility index (Phi) is 3.85. The van der Waals surface area contributed by atoms with Gasteiger partial charge in [-0.1, -0.05) is 36.4 Å². The number of hydrogen-bond donors (Lipinski definition) is 0. The van der Waals surface area contributed by atoms with Crippen LogP contribution in [0.4, 0.5) is 13.2 Å². The van der Waals surface area contributed by atoms with Crippen LogP contribution in [0.15, 0.2) is 53.9 Å². The first-order chi connectivity index (χ1) is 8.98. The summed E-state index contributed by atoms with van der Waals surface area (Å²) in [7, 11) is 0. The first kappa shape index (κ1) is 13.5. The zero-order valence-corrected chi connectivity index (χ0v) is 10.5. The van der Waals surface area contributed by atoms with E-state index in [0.29, 0.717) is 6.08 Å². The molecule has 1 aromatic carbocycles. The van der Waals surface area contributed by atoms with Gasteiger partial charge >= 0.3 is 6.18 Å². The zero-order valence-electron chi connectivity index (χ0n) is 9.65. The average molecular weight is 282 g/mol. The Balaban J connectivity index is 2.42. The van der Waals surface area contributed by atoms with Crippen LogP contribution < -0.4 is 0 Å². The van der Waals surface area contributed by atoms with Crippen LogP contribution >= 0.6 is 11.3 Å². The Bertz CT molecular complexity index is 583. The quantitative estimate of drug-likeness (QED) is 0.595. The molecule has 1 heterocycles. The third-order valence-corrected chi connectivity index (χ3v) is 3.31. The van der Waals surface area contributed by atoms with Gasteiger partial charge in [0.2, 0.25) is 0 Å². The number of alkyl halides is 3. The summed E-state index contributed by atoms with van der Waals surface area (Å²) in [6, 6.07) is 10.4. The lowest BCUT2D eigenvalue weighted by Crippen LogP contribution is -2.12. The van der Waals surface area contributed by atoms with Crippen LogP contribution in [0.5, 0.6) is 0 Å². The lowest BCUT2D eigenvalue weighted by molar-refractivity contribution is -0.0689. The second-order valence-electron chi connectivity index (χ2n) is 3.76. The monoisotopic (exact) mass is 282 g/mol. The topological polar surface area (TPSA) is 17.1 Å². The molecule has 0 radical (unpaired) electrons. The fraction of sp³-hybridized carbons (Fsp3) is 0.0714. The summed E-state index contributed by atoms with van der Waals surface area (Å²) in [5.41, 5.74) is -0.939. The zero-order chi connectivity index (χ0) is 13.9. The maximum Gasteiger partial charge on any atom is 0.417 e. The predicted octanol–water partition coefficient (Wildman–Crippen LogP) is 4.58. The molecular weight excluding hydrogens is 273 g/mol. The highest BCUT2D eigenvalue weighted by Crippen LogP contribution is 2.34. The molecule has 0 amide bonds. The third-order valence-electron chi connectivity index (χ3n) is 2.43. The molecule has 0 atom stereocenters. The van der Waals surface area contributed by atoms with E-state index in [1.54, 1.807) is 17.5 Å². The Morgan fingerprint density at radius 1 is 1.05 bits per heavy atom. The van der Waals surface area contributed by atoms with Gasteiger partial charge in [-0.05, 0) is 23.1 Å². The first-order valence-corrected chi connectivity index (χ1v) is 6.28. The van der Waals surface area contributed by atoms with E-state index in [2.05, 4.69) is 0 Å². The van der Waals surface area contributed by atoms with E-state index in [-0.39, 0.29) is 10.4 Å². The van der Waals surface area contributed by atoms with E-state index in [0.717, 1.165) is 11.3 Å².